The molecule has 0 saturated carbocycles. The van der Waals surface area contributed by atoms with Gasteiger partial charge >= 0.3 is 0 Å². The molecular weight excluding hydrogens is 245 g/mol. The van der Waals surface area contributed by atoms with E-state index in [0.29, 0.717) is 12.8 Å². The van der Waals surface area contributed by atoms with Gasteiger partial charge in [0, 0.05) is 6.54 Å². The van der Waals surface area contributed by atoms with Crippen LogP contribution >= 0.6 is 0 Å². The van der Waals surface area contributed by atoms with Gasteiger partial charge < -0.3 is 5.11 Å². The average Bonchev–Trinajstić information content (AvgIpc) is 2.25. The fraction of sp³-hybridized carbons (Fsp3) is 0.455. The molecule has 1 unspecified atom stereocenters. The second-order valence-electron chi connectivity index (χ2n) is 3.84. The highest BCUT2D eigenvalue weighted by molar-refractivity contribution is 7.89. The Bertz CT molecular complexity index is 442. The molecule has 0 heterocycles. The summed E-state index contributed by atoms with van der Waals surface area (Å²) < 4.78 is 38.4. The Morgan fingerprint density at radius 2 is 1.94 bits per heavy atom. The van der Waals surface area contributed by atoms with Crippen molar-refractivity contribution in [2.45, 2.75) is 30.8 Å². The minimum atomic E-state index is -3.57. The Labute approximate surface area is 101 Å². The lowest BCUT2D eigenvalue weighted by Crippen LogP contribution is -2.25. The first kappa shape index (κ1) is 14.1. The van der Waals surface area contributed by atoms with Crippen molar-refractivity contribution in [2.24, 2.45) is 0 Å². The van der Waals surface area contributed by atoms with Crippen molar-refractivity contribution in [3.05, 3.63) is 30.1 Å². The van der Waals surface area contributed by atoms with Crippen molar-refractivity contribution in [1.82, 2.24) is 4.72 Å². The van der Waals surface area contributed by atoms with Gasteiger partial charge in [-0.05, 0) is 44.0 Å². The zero-order valence-corrected chi connectivity index (χ0v) is 10.4. The van der Waals surface area contributed by atoms with Gasteiger partial charge in [-0.1, -0.05) is 0 Å². The number of nitrogens with one attached hydrogen (secondary N) is 1. The van der Waals surface area contributed by atoms with Crippen LogP contribution in [-0.4, -0.2) is 26.2 Å². The van der Waals surface area contributed by atoms with Crippen LogP contribution in [-0.2, 0) is 10.0 Å². The third-order valence-corrected chi connectivity index (χ3v) is 3.69. The second kappa shape index (κ2) is 6.09. The van der Waals surface area contributed by atoms with Gasteiger partial charge in [-0.15, -0.1) is 0 Å². The summed E-state index contributed by atoms with van der Waals surface area (Å²) in [6, 6.07) is 4.63. The molecule has 96 valence electrons. The number of halogens is 1. The van der Waals surface area contributed by atoms with Crippen molar-refractivity contribution >= 4 is 10.0 Å². The summed E-state index contributed by atoms with van der Waals surface area (Å²) in [7, 11) is -3.57. The summed E-state index contributed by atoms with van der Waals surface area (Å²) in [6.45, 7) is 1.90. The second-order valence-corrected chi connectivity index (χ2v) is 5.61. The van der Waals surface area contributed by atoms with Crippen LogP contribution in [0, 0.1) is 5.82 Å². The minimum Gasteiger partial charge on any atom is -0.393 e. The smallest absolute Gasteiger partial charge is 0.240 e. The fourth-order valence-corrected chi connectivity index (χ4v) is 2.38. The number of aliphatic hydroxyl groups excluding tert-OH is 1. The Hall–Kier alpha value is -0.980. The van der Waals surface area contributed by atoms with E-state index in [1.54, 1.807) is 6.92 Å². The van der Waals surface area contributed by atoms with E-state index in [-0.39, 0.29) is 11.4 Å². The van der Waals surface area contributed by atoms with Crippen molar-refractivity contribution in [3.8, 4) is 0 Å². The molecule has 4 nitrogen and oxygen atoms in total. The van der Waals surface area contributed by atoms with E-state index >= 15 is 0 Å². The summed E-state index contributed by atoms with van der Waals surface area (Å²) in [5.74, 6) is -0.474. The van der Waals surface area contributed by atoms with Crippen LogP contribution in [0.1, 0.15) is 19.8 Å². The molecule has 0 saturated heterocycles. The van der Waals surface area contributed by atoms with Gasteiger partial charge in [0.25, 0.3) is 0 Å². The largest absolute Gasteiger partial charge is 0.393 e. The van der Waals surface area contributed by atoms with Gasteiger partial charge in [-0.25, -0.2) is 17.5 Å². The molecule has 0 aliphatic rings. The quantitative estimate of drug-likeness (QED) is 0.758. The maximum absolute atomic E-state index is 12.6. The highest BCUT2D eigenvalue weighted by Crippen LogP contribution is 2.09. The molecule has 17 heavy (non-hydrogen) atoms. The number of aliphatic hydroxyl groups is 1. The first-order valence-electron chi connectivity index (χ1n) is 5.35. The Morgan fingerprint density at radius 3 is 2.47 bits per heavy atom. The molecule has 0 aliphatic carbocycles. The monoisotopic (exact) mass is 261 g/mol. The van der Waals surface area contributed by atoms with Crippen LogP contribution in [0.25, 0.3) is 0 Å². The molecule has 0 spiro atoms. The average molecular weight is 261 g/mol. The minimum absolute atomic E-state index is 0.0379. The third-order valence-electron chi connectivity index (χ3n) is 2.21. The normalized spacial score (nSPS) is 13.6. The molecule has 1 aromatic rings. The lowest BCUT2D eigenvalue weighted by atomic mass is 10.2. The van der Waals surface area contributed by atoms with Crippen LogP contribution in [0.5, 0.6) is 0 Å². The van der Waals surface area contributed by atoms with Gasteiger partial charge in [0.05, 0.1) is 11.0 Å². The van der Waals surface area contributed by atoms with Gasteiger partial charge in [0.15, 0.2) is 0 Å². The van der Waals surface area contributed by atoms with Gasteiger partial charge in [-0.3, -0.25) is 0 Å². The van der Waals surface area contributed by atoms with Crippen LogP contribution in [0.2, 0.25) is 0 Å². The lowest BCUT2D eigenvalue weighted by Gasteiger charge is -2.07. The highest BCUT2D eigenvalue weighted by Gasteiger charge is 2.12. The Balaban J connectivity index is 2.54. The Morgan fingerprint density at radius 1 is 1.35 bits per heavy atom. The first-order chi connectivity index (χ1) is 7.92. The summed E-state index contributed by atoms with van der Waals surface area (Å²) >= 11 is 0. The number of sulfonamides is 1. The number of hydrogen-bond acceptors (Lipinski definition) is 3. The zero-order chi connectivity index (χ0) is 12.9. The molecule has 0 bridgehead atoms. The van der Waals surface area contributed by atoms with E-state index in [2.05, 4.69) is 4.72 Å². The summed E-state index contributed by atoms with van der Waals surface area (Å²) in [5.41, 5.74) is 0. The molecule has 6 heteroatoms. The van der Waals surface area contributed by atoms with Crippen LogP contribution in [0.3, 0.4) is 0 Å². The predicted octanol–water partition coefficient (Wildman–Crippen LogP) is 1.26. The van der Waals surface area contributed by atoms with Crippen LogP contribution < -0.4 is 4.72 Å². The molecule has 0 aliphatic heterocycles. The van der Waals surface area contributed by atoms with E-state index < -0.39 is 21.9 Å². The highest BCUT2D eigenvalue weighted by atomic mass is 32.2. The van der Waals surface area contributed by atoms with E-state index in [1.165, 1.54) is 12.1 Å². The Kier molecular flexibility index (Phi) is 5.04. The molecule has 2 N–H and O–H groups in total. The first-order valence-corrected chi connectivity index (χ1v) is 6.83. The van der Waals surface area contributed by atoms with E-state index in [9.17, 15) is 12.8 Å². The number of benzene rings is 1. The molecule has 1 rings (SSSR count). The standard InChI is InChI=1S/C11H16FNO3S/c1-9(14)3-2-8-13-17(15,16)11-6-4-10(12)5-7-11/h4-7,9,13-14H,2-3,8H2,1H3. The molecule has 1 atom stereocenters. The van der Waals surface area contributed by atoms with Gasteiger partial charge in [-0.2, -0.15) is 0 Å². The third kappa shape index (κ3) is 4.80. The van der Waals surface area contributed by atoms with Crippen LogP contribution in [0.4, 0.5) is 4.39 Å². The van der Waals surface area contributed by atoms with Gasteiger partial charge in [0.2, 0.25) is 10.0 Å². The maximum Gasteiger partial charge on any atom is 0.240 e. The van der Waals surface area contributed by atoms with Crippen molar-refractivity contribution < 1.29 is 17.9 Å². The lowest BCUT2D eigenvalue weighted by molar-refractivity contribution is 0.182. The summed E-state index contributed by atoms with van der Waals surface area (Å²) in [6.07, 6.45) is 0.648. The molecular formula is C11H16FNO3S. The van der Waals surface area contributed by atoms with E-state index in [4.69, 9.17) is 5.11 Å². The molecule has 0 fully saturated rings. The molecule has 0 aromatic heterocycles. The molecule has 0 amide bonds. The van der Waals surface area contributed by atoms with Gasteiger partial charge in [0.1, 0.15) is 5.82 Å². The summed E-state index contributed by atoms with van der Waals surface area (Å²) in [4.78, 5) is 0.0379. The number of rotatable bonds is 6. The number of hydrogen-bond donors (Lipinski definition) is 2. The zero-order valence-electron chi connectivity index (χ0n) is 9.56. The SMILES string of the molecule is CC(O)CCCNS(=O)(=O)c1ccc(F)cc1. The predicted molar refractivity (Wildman–Crippen MR) is 62.5 cm³/mol. The topological polar surface area (TPSA) is 66.4 Å². The molecule has 0 radical (unpaired) electrons. The van der Waals surface area contributed by atoms with E-state index in [0.717, 1.165) is 12.1 Å². The maximum atomic E-state index is 12.6. The molecule has 1 aromatic carbocycles. The van der Waals surface area contributed by atoms with Crippen molar-refractivity contribution in [1.29, 1.82) is 0 Å². The summed E-state index contributed by atoms with van der Waals surface area (Å²) in [5, 5.41) is 9.01. The van der Waals surface area contributed by atoms with Crippen molar-refractivity contribution in [2.75, 3.05) is 6.54 Å². The van der Waals surface area contributed by atoms with Crippen molar-refractivity contribution in [3.63, 3.8) is 0 Å². The van der Waals surface area contributed by atoms with E-state index in [1.807, 2.05) is 0 Å². The fourth-order valence-electron chi connectivity index (χ4n) is 1.30. The van der Waals surface area contributed by atoms with Crippen LogP contribution in [0.15, 0.2) is 29.2 Å².